The smallest absolute Gasteiger partial charge is 0.353 e. The van der Waals surface area contributed by atoms with Gasteiger partial charge in [0.15, 0.2) is 0 Å². The summed E-state index contributed by atoms with van der Waals surface area (Å²) in [5.41, 5.74) is -0.131. The van der Waals surface area contributed by atoms with Crippen LogP contribution in [0.5, 0.6) is 0 Å². The van der Waals surface area contributed by atoms with Crippen molar-refractivity contribution in [3.63, 3.8) is 0 Å². The molecule has 1 aliphatic rings. The van der Waals surface area contributed by atoms with Crippen LogP contribution in [-0.2, 0) is 11.2 Å². The van der Waals surface area contributed by atoms with E-state index in [0.717, 1.165) is 24.0 Å². The highest BCUT2D eigenvalue weighted by molar-refractivity contribution is 5.72. The minimum Gasteiger partial charge on any atom is -0.443 e. The molecule has 3 rings (SSSR count). The van der Waals surface area contributed by atoms with Crippen LogP contribution < -0.4 is 5.69 Å². The quantitative estimate of drug-likeness (QED) is 0.474. The topological polar surface area (TPSA) is 97.7 Å². The molecular weight excluding hydrogens is 384 g/mol. The number of aliphatic hydroxyl groups is 2. The number of ether oxygens (including phenoxy) is 1. The van der Waals surface area contributed by atoms with Crippen LogP contribution in [0, 0.1) is 0 Å². The van der Waals surface area contributed by atoms with Gasteiger partial charge in [-0.3, -0.25) is 4.57 Å². The van der Waals surface area contributed by atoms with Gasteiger partial charge in [0.05, 0.1) is 18.1 Å². The first-order valence-corrected chi connectivity index (χ1v) is 11.6. The van der Waals surface area contributed by atoms with Gasteiger partial charge in [-0.15, -0.1) is 0 Å². The van der Waals surface area contributed by atoms with E-state index >= 15 is 0 Å². The fourth-order valence-corrected chi connectivity index (χ4v) is 4.14. The van der Waals surface area contributed by atoms with E-state index in [4.69, 9.17) is 9.15 Å². The van der Waals surface area contributed by atoms with Crippen LogP contribution in [0.3, 0.4) is 0 Å². The van der Waals surface area contributed by atoms with Crippen molar-refractivity contribution in [1.29, 1.82) is 0 Å². The summed E-state index contributed by atoms with van der Waals surface area (Å²) in [5.74, 6) is 0.842. The third-order valence-electron chi connectivity index (χ3n) is 5.96. The molecule has 0 bridgehead atoms. The maximum Gasteiger partial charge on any atom is 0.353 e. The first-order chi connectivity index (χ1) is 14.6. The predicted molar refractivity (Wildman–Crippen MR) is 115 cm³/mol. The lowest BCUT2D eigenvalue weighted by Gasteiger charge is -2.13. The number of unbranched alkanes of at least 4 members (excludes halogenated alkanes) is 9. The SMILES string of the molecule is CCCCCCCCCCCCc1cc2cn([C@H]3C[C@H](O)[C@@H](CO)O3)c(=O)nc2o1. The molecule has 0 amide bonds. The molecule has 1 aliphatic heterocycles. The highest BCUT2D eigenvalue weighted by atomic mass is 16.5. The molecule has 0 radical (unpaired) electrons. The lowest BCUT2D eigenvalue weighted by molar-refractivity contribution is -0.0457. The van der Waals surface area contributed by atoms with E-state index < -0.39 is 24.1 Å². The van der Waals surface area contributed by atoms with Crippen molar-refractivity contribution in [2.24, 2.45) is 0 Å². The highest BCUT2D eigenvalue weighted by Crippen LogP contribution is 2.28. The predicted octanol–water partition coefficient (Wildman–Crippen LogP) is 4.09. The van der Waals surface area contributed by atoms with Crippen molar-refractivity contribution < 1.29 is 19.4 Å². The third-order valence-corrected chi connectivity index (χ3v) is 5.96. The molecule has 3 heterocycles. The number of hydrogen-bond donors (Lipinski definition) is 2. The Morgan fingerprint density at radius 3 is 2.40 bits per heavy atom. The van der Waals surface area contributed by atoms with Gasteiger partial charge in [-0.25, -0.2) is 4.79 Å². The molecule has 2 aromatic rings. The zero-order valence-corrected chi connectivity index (χ0v) is 18.1. The molecule has 30 heavy (non-hydrogen) atoms. The minimum atomic E-state index is -0.793. The molecule has 0 aromatic carbocycles. The Kier molecular flexibility index (Phi) is 8.90. The maximum atomic E-state index is 12.3. The van der Waals surface area contributed by atoms with E-state index in [1.165, 1.54) is 62.4 Å². The normalized spacial score (nSPS) is 21.6. The molecule has 1 saturated heterocycles. The molecule has 0 aliphatic carbocycles. The van der Waals surface area contributed by atoms with E-state index in [2.05, 4.69) is 11.9 Å². The van der Waals surface area contributed by atoms with Crippen molar-refractivity contribution >= 4 is 11.1 Å². The number of aromatic nitrogens is 2. The summed E-state index contributed by atoms with van der Waals surface area (Å²) < 4.78 is 12.7. The Bertz CT molecular complexity index is 831. The van der Waals surface area contributed by atoms with E-state index in [1.807, 2.05) is 6.07 Å². The number of aliphatic hydroxyl groups excluding tert-OH is 2. The van der Waals surface area contributed by atoms with E-state index in [-0.39, 0.29) is 13.0 Å². The molecule has 2 N–H and O–H groups in total. The average molecular weight is 421 g/mol. The second kappa shape index (κ2) is 11.6. The maximum absolute atomic E-state index is 12.3. The first-order valence-electron chi connectivity index (χ1n) is 11.6. The highest BCUT2D eigenvalue weighted by Gasteiger charge is 2.35. The second-order valence-electron chi connectivity index (χ2n) is 8.45. The number of furan rings is 1. The van der Waals surface area contributed by atoms with Crippen molar-refractivity contribution in [2.45, 2.75) is 102 Å². The fourth-order valence-electron chi connectivity index (χ4n) is 4.14. The average Bonchev–Trinajstić information content (AvgIpc) is 3.30. The summed E-state index contributed by atoms with van der Waals surface area (Å²) in [6.45, 7) is 1.97. The lowest BCUT2D eigenvalue weighted by Crippen LogP contribution is -2.27. The fraction of sp³-hybridized carbons (Fsp3) is 0.739. The summed E-state index contributed by atoms with van der Waals surface area (Å²) in [4.78, 5) is 16.4. The monoisotopic (exact) mass is 420 g/mol. The lowest BCUT2D eigenvalue weighted by atomic mass is 10.1. The van der Waals surface area contributed by atoms with Gasteiger partial charge in [0, 0.05) is 19.0 Å². The summed E-state index contributed by atoms with van der Waals surface area (Å²) in [6.07, 6.45) is 13.6. The minimum absolute atomic E-state index is 0.252. The Hall–Kier alpha value is -1.70. The van der Waals surface area contributed by atoms with Crippen LogP contribution in [-0.4, -0.2) is 38.6 Å². The van der Waals surface area contributed by atoms with Crippen LogP contribution in [0.25, 0.3) is 11.1 Å². The van der Waals surface area contributed by atoms with Gasteiger partial charge in [0.1, 0.15) is 18.1 Å². The Balaban J connectivity index is 1.45. The van der Waals surface area contributed by atoms with Gasteiger partial charge >= 0.3 is 5.69 Å². The number of hydrogen-bond acceptors (Lipinski definition) is 6. The van der Waals surface area contributed by atoms with Gasteiger partial charge < -0.3 is 19.4 Å². The molecule has 1 fully saturated rings. The van der Waals surface area contributed by atoms with Gasteiger partial charge in [-0.05, 0) is 12.5 Å². The molecule has 3 atom stereocenters. The zero-order valence-electron chi connectivity index (χ0n) is 18.1. The number of nitrogens with zero attached hydrogens (tertiary/aromatic N) is 2. The van der Waals surface area contributed by atoms with Gasteiger partial charge in [0.25, 0.3) is 0 Å². The number of aryl methyl sites for hydroxylation is 1. The molecular formula is C23H36N2O5. The molecule has 0 unspecified atom stereocenters. The van der Waals surface area contributed by atoms with E-state index in [9.17, 15) is 15.0 Å². The van der Waals surface area contributed by atoms with Crippen LogP contribution in [0.2, 0.25) is 0 Å². The summed E-state index contributed by atoms with van der Waals surface area (Å²) in [7, 11) is 0. The van der Waals surface area contributed by atoms with Crippen LogP contribution in [0.4, 0.5) is 0 Å². The number of rotatable bonds is 13. The summed E-state index contributed by atoms with van der Waals surface area (Å²) in [6, 6.07) is 1.93. The molecule has 0 spiro atoms. The molecule has 0 saturated carbocycles. The van der Waals surface area contributed by atoms with Crippen molar-refractivity contribution in [2.75, 3.05) is 6.61 Å². The van der Waals surface area contributed by atoms with E-state index in [1.54, 1.807) is 6.20 Å². The van der Waals surface area contributed by atoms with Crippen LogP contribution in [0.15, 0.2) is 21.5 Å². The second-order valence-corrected chi connectivity index (χ2v) is 8.45. The Morgan fingerprint density at radius 2 is 1.77 bits per heavy atom. The van der Waals surface area contributed by atoms with Gasteiger partial charge in [-0.2, -0.15) is 4.98 Å². The van der Waals surface area contributed by atoms with Crippen molar-refractivity contribution in [3.8, 4) is 0 Å². The molecule has 168 valence electrons. The zero-order chi connectivity index (χ0) is 21.3. The molecule has 7 heteroatoms. The summed E-state index contributed by atoms with van der Waals surface area (Å²) in [5, 5.41) is 19.9. The molecule has 2 aromatic heterocycles. The Morgan fingerprint density at radius 1 is 1.10 bits per heavy atom. The van der Waals surface area contributed by atoms with Crippen molar-refractivity contribution in [3.05, 3.63) is 28.5 Å². The summed E-state index contributed by atoms with van der Waals surface area (Å²) >= 11 is 0. The standard InChI is InChI=1S/C23H36N2O5/c1-2-3-4-5-6-7-8-9-10-11-12-18-13-17-15-25(23(28)24-22(17)29-18)21-14-19(27)20(16-26)30-21/h13,15,19-21,26-27H,2-12,14,16H2,1H3/t19-,20+,21+/m0/s1. The number of fused-ring (bicyclic) bond motifs is 1. The van der Waals surface area contributed by atoms with Crippen molar-refractivity contribution in [1.82, 2.24) is 9.55 Å². The van der Waals surface area contributed by atoms with Crippen LogP contribution in [0.1, 0.15) is 89.5 Å². The largest absolute Gasteiger partial charge is 0.443 e. The van der Waals surface area contributed by atoms with Crippen LogP contribution >= 0.6 is 0 Å². The van der Waals surface area contributed by atoms with Gasteiger partial charge in [0.2, 0.25) is 5.71 Å². The molecule has 7 nitrogen and oxygen atoms in total. The van der Waals surface area contributed by atoms with E-state index in [0.29, 0.717) is 5.71 Å². The third kappa shape index (κ3) is 6.15. The first kappa shape index (κ1) is 23.0. The van der Waals surface area contributed by atoms with Gasteiger partial charge in [-0.1, -0.05) is 64.7 Å². The Labute approximate surface area is 178 Å².